The van der Waals surface area contributed by atoms with Crippen molar-refractivity contribution in [2.45, 2.75) is 0 Å². The van der Waals surface area contributed by atoms with Crippen molar-refractivity contribution in [1.82, 2.24) is 0 Å². The van der Waals surface area contributed by atoms with Crippen molar-refractivity contribution in [3.05, 3.63) is 47.2 Å². The Bertz CT molecular complexity index is 372. The molecule has 0 bridgehead atoms. The minimum atomic E-state index is 0.680. The molecule has 2 rings (SSSR count). The molecule has 2 nitrogen and oxygen atoms in total. The molecule has 3 heteroatoms. The number of anilines is 1. The van der Waals surface area contributed by atoms with E-state index in [1.54, 1.807) is 11.3 Å². The first-order valence-corrected chi connectivity index (χ1v) is 5.83. The van der Waals surface area contributed by atoms with Crippen molar-refractivity contribution >= 4 is 17.0 Å². The van der Waals surface area contributed by atoms with Crippen LogP contribution in [0.3, 0.4) is 0 Å². The lowest BCUT2D eigenvalue weighted by atomic mass is 10.3. The molecule has 78 valence electrons. The van der Waals surface area contributed by atoms with Gasteiger partial charge in [-0.15, -0.1) is 0 Å². The van der Waals surface area contributed by atoms with E-state index in [4.69, 9.17) is 4.74 Å². The predicted octanol–water partition coefficient (Wildman–Crippen LogP) is 3.24. The standard InChI is InChI=1S/C12H13NOS/c1-2-4-12(5-3-1)14-8-7-13-11-6-9-15-10-11/h1-6,9-10,13H,7-8H2. The van der Waals surface area contributed by atoms with E-state index in [-0.39, 0.29) is 0 Å². The van der Waals surface area contributed by atoms with Gasteiger partial charge in [0.15, 0.2) is 0 Å². The molecule has 15 heavy (non-hydrogen) atoms. The second-order valence-electron chi connectivity index (χ2n) is 3.10. The van der Waals surface area contributed by atoms with Crippen LogP contribution in [0, 0.1) is 0 Å². The zero-order valence-corrected chi connectivity index (χ0v) is 9.17. The van der Waals surface area contributed by atoms with Crippen LogP contribution in [0.5, 0.6) is 5.75 Å². The van der Waals surface area contributed by atoms with E-state index < -0.39 is 0 Å². The van der Waals surface area contributed by atoms with E-state index in [2.05, 4.69) is 22.1 Å². The molecule has 0 atom stereocenters. The predicted molar refractivity (Wildman–Crippen MR) is 64.7 cm³/mol. The van der Waals surface area contributed by atoms with Crippen LogP contribution in [0.2, 0.25) is 0 Å². The summed E-state index contributed by atoms with van der Waals surface area (Å²) in [5, 5.41) is 7.42. The van der Waals surface area contributed by atoms with Crippen LogP contribution < -0.4 is 10.1 Å². The molecule has 0 saturated heterocycles. The first-order valence-electron chi connectivity index (χ1n) is 4.89. The molecular formula is C12H13NOS. The minimum Gasteiger partial charge on any atom is -0.492 e. The molecule has 0 amide bonds. The van der Waals surface area contributed by atoms with Crippen molar-refractivity contribution in [3.63, 3.8) is 0 Å². The lowest BCUT2D eigenvalue weighted by molar-refractivity contribution is 0.333. The van der Waals surface area contributed by atoms with E-state index in [1.165, 1.54) is 0 Å². The fourth-order valence-electron chi connectivity index (χ4n) is 1.25. The van der Waals surface area contributed by atoms with Gasteiger partial charge in [-0.3, -0.25) is 0 Å². The summed E-state index contributed by atoms with van der Waals surface area (Å²) in [5.74, 6) is 0.921. The van der Waals surface area contributed by atoms with Crippen molar-refractivity contribution < 1.29 is 4.74 Å². The summed E-state index contributed by atoms with van der Waals surface area (Å²) in [6.45, 7) is 1.51. The van der Waals surface area contributed by atoms with Gasteiger partial charge in [0, 0.05) is 17.6 Å². The molecule has 0 fully saturated rings. The highest BCUT2D eigenvalue weighted by Gasteiger charge is 1.92. The highest BCUT2D eigenvalue weighted by molar-refractivity contribution is 7.08. The molecule has 1 aromatic heterocycles. The van der Waals surface area contributed by atoms with E-state index in [0.717, 1.165) is 18.0 Å². The summed E-state index contributed by atoms with van der Waals surface area (Å²) in [7, 11) is 0. The number of hydrogen-bond acceptors (Lipinski definition) is 3. The second-order valence-corrected chi connectivity index (χ2v) is 3.88. The van der Waals surface area contributed by atoms with Crippen molar-refractivity contribution in [1.29, 1.82) is 0 Å². The average Bonchev–Trinajstić information content (AvgIpc) is 2.79. The smallest absolute Gasteiger partial charge is 0.119 e. The summed E-state index contributed by atoms with van der Waals surface area (Å²) in [4.78, 5) is 0. The molecule has 1 aromatic carbocycles. The van der Waals surface area contributed by atoms with Gasteiger partial charge in [-0.1, -0.05) is 18.2 Å². The van der Waals surface area contributed by atoms with E-state index >= 15 is 0 Å². The third-order valence-electron chi connectivity index (χ3n) is 1.96. The largest absolute Gasteiger partial charge is 0.492 e. The fraction of sp³-hybridized carbons (Fsp3) is 0.167. The Hall–Kier alpha value is -1.48. The van der Waals surface area contributed by atoms with Gasteiger partial charge in [0.05, 0.1) is 0 Å². The van der Waals surface area contributed by atoms with Crippen molar-refractivity contribution in [3.8, 4) is 5.75 Å². The number of thiophene rings is 1. The zero-order valence-electron chi connectivity index (χ0n) is 8.35. The van der Waals surface area contributed by atoms with Crippen LogP contribution in [0.25, 0.3) is 0 Å². The van der Waals surface area contributed by atoms with Crippen molar-refractivity contribution in [2.24, 2.45) is 0 Å². The number of para-hydroxylation sites is 1. The Balaban J connectivity index is 1.68. The molecule has 1 heterocycles. The Labute approximate surface area is 93.5 Å². The SMILES string of the molecule is c1ccc(OCCNc2ccsc2)cc1. The molecule has 2 aromatic rings. The summed E-state index contributed by atoms with van der Waals surface area (Å²) in [5.41, 5.74) is 1.16. The average molecular weight is 219 g/mol. The maximum absolute atomic E-state index is 5.55. The number of rotatable bonds is 5. The lowest BCUT2D eigenvalue weighted by Gasteiger charge is -2.06. The molecule has 0 aliphatic carbocycles. The molecular weight excluding hydrogens is 206 g/mol. The third-order valence-corrected chi connectivity index (χ3v) is 2.65. The normalized spacial score (nSPS) is 9.87. The summed E-state index contributed by atoms with van der Waals surface area (Å²) < 4.78 is 5.55. The molecule has 0 unspecified atom stereocenters. The first-order chi connectivity index (χ1) is 7.45. The Morgan fingerprint density at radius 1 is 1.13 bits per heavy atom. The van der Waals surface area contributed by atoms with Gasteiger partial charge in [-0.2, -0.15) is 11.3 Å². The highest BCUT2D eigenvalue weighted by Crippen LogP contribution is 2.11. The van der Waals surface area contributed by atoms with Crippen LogP contribution in [0.15, 0.2) is 47.2 Å². The molecule has 0 spiro atoms. The number of benzene rings is 1. The third kappa shape index (κ3) is 3.29. The number of ether oxygens (including phenoxy) is 1. The first kappa shape index (κ1) is 10.1. The van der Waals surface area contributed by atoms with Gasteiger partial charge >= 0.3 is 0 Å². The Morgan fingerprint density at radius 2 is 2.00 bits per heavy atom. The molecule has 0 radical (unpaired) electrons. The van der Waals surface area contributed by atoms with Gasteiger partial charge in [-0.05, 0) is 23.6 Å². The van der Waals surface area contributed by atoms with Crippen LogP contribution in [0.1, 0.15) is 0 Å². The highest BCUT2D eigenvalue weighted by atomic mass is 32.1. The maximum Gasteiger partial charge on any atom is 0.119 e. The zero-order chi connectivity index (χ0) is 10.3. The maximum atomic E-state index is 5.55. The van der Waals surface area contributed by atoms with Gasteiger partial charge in [0.2, 0.25) is 0 Å². The summed E-state index contributed by atoms with van der Waals surface area (Å²) in [6, 6.07) is 11.9. The minimum absolute atomic E-state index is 0.680. The van der Waals surface area contributed by atoms with E-state index in [1.807, 2.05) is 30.3 Å². The van der Waals surface area contributed by atoms with Crippen LogP contribution in [0.4, 0.5) is 5.69 Å². The van der Waals surface area contributed by atoms with Crippen molar-refractivity contribution in [2.75, 3.05) is 18.5 Å². The molecule has 0 saturated carbocycles. The van der Waals surface area contributed by atoms with E-state index in [0.29, 0.717) is 6.61 Å². The fourth-order valence-corrected chi connectivity index (χ4v) is 1.86. The second kappa shape index (κ2) is 5.41. The van der Waals surface area contributed by atoms with Gasteiger partial charge in [-0.25, -0.2) is 0 Å². The Morgan fingerprint density at radius 3 is 2.73 bits per heavy atom. The summed E-state index contributed by atoms with van der Waals surface area (Å²) >= 11 is 1.69. The van der Waals surface area contributed by atoms with E-state index in [9.17, 15) is 0 Å². The van der Waals surface area contributed by atoms with Crippen LogP contribution in [-0.2, 0) is 0 Å². The molecule has 0 aliphatic rings. The van der Waals surface area contributed by atoms with Gasteiger partial charge in [0.1, 0.15) is 12.4 Å². The summed E-state index contributed by atoms with van der Waals surface area (Å²) in [6.07, 6.45) is 0. The quantitative estimate of drug-likeness (QED) is 0.779. The lowest BCUT2D eigenvalue weighted by Crippen LogP contribution is -2.10. The van der Waals surface area contributed by atoms with Gasteiger partial charge in [0.25, 0.3) is 0 Å². The topological polar surface area (TPSA) is 21.3 Å². The number of nitrogens with one attached hydrogen (secondary N) is 1. The Kier molecular flexibility index (Phi) is 3.63. The van der Waals surface area contributed by atoms with Crippen LogP contribution in [-0.4, -0.2) is 13.2 Å². The van der Waals surface area contributed by atoms with Crippen LogP contribution >= 0.6 is 11.3 Å². The monoisotopic (exact) mass is 219 g/mol. The molecule has 1 N–H and O–H groups in total. The molecule has 0 aliphatic heterocycles. The number of hydrogen-bond donors (Lipinski definition) is 1. The van der Waals surface area contributed by atoms with Gasteiger partial charge < -0.3 is 10.1 Å².